The van der Waals surface area contributed by atoms with Crippen LogP contribution in [0.5, 0.6) is 0 Å². The van der Waals surface area contributed by atoms with Gasteiger partial charge < -0.3 is 4.90 Å². The molecule has 0 amide bonds. The molecule has 0 bridgehead atoms. The topological polar surface area (TPSA) is 52.8 Å². The lowest BCUT2D eigenvalue weighted by atomic mass is 10.00. The van der Waals surface area contributed by atoms with Gasteiger partial charge in [-0.3, -0.25) is 0 Å². The molecule has 1 aliphatic heterocycles. The summed E-state index contributed by atoms with van der Waals surface area (Å²) < 4.78 is 13.1. The largest absolute Gasteiger partial charge is 0.350 e. The van der Waals surface area contributed by atoms with Crippen molar-refractivity contribution in [2.24, 2.45) is 0 Å². The maximum Gasteiger partial charge on any atom is 0.163 e. The van der Waals surface area contributed by atoms with Crippen LogP contribution in [-0.2, 0) is 13.0 Å². The molecule has 0 atom stereocenters. The summed E-state index contributed by atoms with van der Waals surface area (Å²) in [5.41, 5.74) is 2.47. The lowest BCUT2D eigenvalue weighted by molar-refractivity contribution is 0.618. The number of benzene rings is 1. The number of hydrogen-bond donors (Lipinski definition) is 0. The van der Waals surface area contributed by atoms with Crippen molar-refractivity contribution in [1.82, 2.24) is 10.2 Å². The SMILES string of the molecule is N#Cc1ccc(N2CCc3cc(F)ccc3C2)nn1. The van der Waals surface area contributed by atoms with Crippen LogP contribution in [-0.4, -0.2) is 16.7 Å². The first-order valence-corrected chi connectivity index (χ1v) is 6.02. The highest BCUT2D eigenvalue weighted by Crippen LogP contribution is 2.23. The summed E-state index contributed by atoms with van der Waals surface area (Å²) >= 11 is 0. The number of nitrogens with zero attached hydrogens (tertiary/aromatic N) is 4. The first kappa shape index (κ1) is 11.6. The molecule has 0 spiro atoms. The third kappa shape index (κ3) is 2.25. The van der Waals surface area contributed by atoms with Crippen LogP contribution in [0.2, 0.25) is 0 Å². The van der Waals surface area contributed by atoms with Gasteiger partial charge in [-0.25, -0.2) is 4.39 Å². The number of fused-ring (bicyclic) bond motifs is 1. The molecule has 1 aromatic carbocycles. The van der Waals surface area contributed by atoms with E-state index in [1.807, 2.05) is 12.1 Å². The highest BCUT2D eigenvalue weighted by molar-refractivity contribution is 5.44. The lowest BCUT2D eigenvalue weighted by Crippen LogP contribution is -2.31. The molecule has 1 aliphatic rings. The number of aromatic nitrogens is 2. The summed E-state index contributed by atoms with van der Waals surface area (Å²) in [5, 5.41) is 16.6. The van der Waals surface area contributed by atoms with E-state index in [4.69, 9.17) is 5.26 Å². The first-order valence-electron chi connectivity index (χ1n) is 6.02. The summed E-state index contributed by atoms with van der Waals surface area (Å²) in [5.74, 6) is 0.555. The van der Waals surface area contributed by atoms with Crippen LogP contribution in [0.25, 0.3) is 0 Å². The molecule has 0 fully saturated rings. The first-order chi connectivity index (χ1) is 9.26. The average molecular weight is 254 g/mol. The lowest BCUT2D eigenvalue weighted by Gasteiger charge is -2.29. The molecule has 0 radical (unpaired) electrons. The Morgan fingerprint density at radius 2 is 2.05 bits per heavy atom. The van der Waals surface area contributed by atoms with E-state index >= 15 is 0 Å². The molecule has 0 N–H and O–H groups in total. The molecule has 1 aromatic heterocycles. The van der Waals surface area contributed by atoms with Gasteiger partial charge in [0.1, 0.15) is 11.9 Å². The number of nitriles is 1. The van der Waals surface area contributed by atoms with Crippen LogP contribution < -0.4 is 4.90 Å². The molecule has 2 heterocycles. The van der Waals surface area contributed by atoms with Crippen molar-refractivity contribution < 1.29 is 4.39 Å². The second kappa shape index (κ2) is 4.65. The van der Waals surface area contributed by atoms with Crippen molar-refractivity contribution in [2.75, 3.05) is 11.4 Å². The molecule has 0 saturated heterocycles. The standard InChI is InChI=1S/C14H11FN4/c15-12-2-1-11-9-19(6-5-10(11)7-12)14-4-3-13(8-16)17-18-14/h1-4,7H,5-6,9H2. The van der Waals surface area contributed by atoms with Crippen LogP contribution in [0.1, 0.15) is 16.8 Å². The van der Waals surface area contributed by atoms with Crippen LogP contribution in [0.15, 0.2) is 30.3 Å². The van der Waals surface area contributed by atoms with Crippen LogP contribution >= 0.6 is 0 Å². The summed E-state index contributed by atoms with van der Waals surface area (Å²) in [6.07, 6.45) is 0.786. The summed E-state index contributed by atoms with van der Waals surface area (Å²) in [6.45, 7) is 1.47. The van der Waals surface area contributed by atoms with Gasteiger partial charge in [-0.2, -0.15) is 5.26 Å². The van der Waals surface area contributed by atoms with Crippen molar-refractivity contribution in [3.8, 4) is 6.07 Å². The Bertz CT molecular complexity index is 645. The van der Waals surface area contributed by atoms with E-state index in [9.17, 15) is 4.39 Å². The van der Waals surface area contributed by atoms with Crippen LogP contribution in [0.3, 0.4) is 0 Å². The predicted octanol–water partition coefficient (Wildman–Crippen LogP) is 2.05. The number of anilines is 1. The maximum absolute atomic E-state index is 13.1. The van der Waals surface area contributed by atoms with Gasteiger partial charge in [0.15, 0.2) is 11.5 Å². The second-order valence-electron chi connectivity index (χ2n) is 4.47. The van der Waals surface area contributed by atoms with Gasteiger partial charge in [0.2, 0.25) is 0 Å². The maximum atomic E-state index is 13.1. The Balaban J connectivity index is 1.85. The molecule has 0 unspecified atom stereocenters. The van der Waals surface area contributed by atoms with Crippen LogP contribution in [0.4, 0.5) is 10.2 Å². The normalized spacial score (nSPS) is 13.8. The fourth-order valence-corrected chi connectivity index (χ4v) is 2.27. The van der Waals surface area contributed by atoms with E-state index < -0.39 is 0 Å². The molecule has 0 aliphatic carbocycles. The molecule has 5 heteroatoms. The highest BCUT2D eigenvalue weighted by Gasteiger charge is 2.18. The second-order valence-corrected chi connectivity index (χ2v) is 4.47. The van der Waals surface area contributed by atoms with E-state index in [2.05, 4.69) is 15.1 Å². The van der Waals surface area contributed by atoms with E-state index in [0.29, 0.717) is 12.2 Å². The Labute approximate surface area is 110 Å². The molecular formula is C14H11FN4. The third-order valence-electron chi connectivity index (χ3n) is 3.27. The third-order valence-corrected chi connectivity index (χ3v) is 3.27. The van der Waals surface area contributed by atoms with E-state index in [-0.39, 0.29) is 5.82 Å². The summed E-state index contributed by atoms with van der Waals surface area (Å²) in [7, 11) is 0. The summed E-state index contributed by atoms with van der Waals surface area (Å²) in [6, 6.07) is 10.3. The van der Waals surface area contributed by atoms with E-state index in [1.54, 1.807) is 18.2 Å². The molecule has 4 nitrogen and oxygen atoms in total. The fraction of sp³-hybridized carbons (Fsp3) is 0.214. The van der Waals surface area contributed by atoms with Gasteiger partial charge in [0, 0.05) is 13.1 Å². The summed E-state index contributed by atoms with van der Waals surface area (Å²) in [4.78, 5) is 2.08. The van der Waals surface area contributed by atoms with E-state index in [0.717, 1.165) is 29.9 Å². The zero-order chi connectivity index (χ0) is 13.2. The molecule has 19 heavy (non-hydrogen) atoms. The zero-order valence-electron chi connectivity index (χ0n) is 10.2. The Hall–Kier alpha value is -2.48. The molecule has 0 saturated carbocycles. The Kier molecular flexibility index (Phi) is 2.84. The Morgan fingerprint density at radius 1 is 1.16 bits per heavy atom. The minimum atomic E-state index is -0.189. The molecule has 94 valence electrons. The Morgan fingerprint density at radius 3 is 2.79 bits per heavy atom. The zero-order valence-corrected chi connectivity index (χ0v) is 10.2. The van der Waals surface area contributed by atoms with Gasteiger partial charge in [-0.15, -0.1) is 10.2 Å². The van der Waals surface area contributed by atoms with Gasteiger partial charge in [-0.05, 0) is 41.8 Å². The number of halogens is 1. The van der Waals surface area contributed by atoms with Crippen LogP contribution in [0, 0.1) is 17.1 Å². The quantitative estimate of drug-likeness (QED) is 0.781. The molecule has 2 aromatic rings. The average Bonchev–Trinajstić information content (AvgIpc) is 2.47. The predicted molar refractivity (Wildman–Crippen MR) is 67.9 cm³/mol. The minimum Gasteiger partial charge on any atom is -0.350 e. The van der Waals surface area contributed by atoms with Crippen molar-refractivity contribution >= 4 is 5.82 Å². The van der Waals surface area contributed by atoms with Gasteiger partial charge >= 0.3 is 0 Å². The fourth-order valence-electron chi connectivity index (χ4n) is 2.27. The van der Waals surface area contributed by atoms with E-state index in [1.165, 1.54) is 6.07 Å². The minimum absolute atomic E-state index is 0.189. The number of rotatable bonds is 1. The van der Waals surface area contributed by atoms with Crippen molar-refractivity contribution in [3.05, 3.63) is 53.0 Å². The van der Waals surface area contributed by atoms with Gasteiger partial charge in [-0.1, -0.05) is 6.07 Å². The van der Waals surface area contributed by atoms with Gasteiger partial charge in [0.05, 0.1) is 0 Å². The van der Waals surface area contributed by atoms with Gasteiger partial charge in [0.25, 0.3) is 0 Å². The van der Waals surface area contributed by atoms with Crippen molar-refractivity contribution in [3.63, 3.8) is 0 Å². The number of hydrogen-bond acceptors (Lipinski definition) is 4. The van der Waals surface area contributed by atoms with Crippen molar-refractivity contribution in [1.29, 1.82) is 5.26 Å². The molecule has 3 rings (SSSR count). The monoisotopic (exact) mass is 254 g/mol. The van der Waals surface area contributed by atoms with Crippen molar-refractivity contribution in [2.45, 2.75) is 13.0 Å². The highest BCUT2D eigenvalue weighted by atomic mass is 19.1. The molecular weight excluding hydrogens is 243 g/mol. The smallest absolute Gasteiger partial charge is 0.163 e.